The van der Waals surface area contributed by atoms with Crippen LogP contribution in [0.4, 0.5) is 0 Å². The second-order valence-electron chi connectivity index (χ2n) is 3.72. The van der Waals surface area contributed by atoms with Gasteiger partial charge in [0.15, 0.2) is 0 Å². The Labute approximate surface area is 90.5 Å². The fourth-order valence-corrected chi connectivity index (χ4v) is 1.89. The SMILES string of the molecule is C#CCO[C@@H]1[C@@H](O)[C@H](C)O[C@@H](C)[C@@H]1OC. The highest BCUT2D eigenvalue weighted by atomic mass is 16.6. The van der Waals surface area contributed by atoms with Crippen LogP contribution >= 0.6 is 0 Å². The first-order valence-electron chi connectivity index (χ1n) is 5.03. The normalized spacial score (nSPS) is 41.1. The smallest absolute Gasteiger partial charge is 0.116 e. The molecule has 0 saturated carbocycles. The van der Waals surface area contributed by atoms with Crippen molar-refractivity contribution >= 4 is 0 Å². The number of ether oxygens (including phenoxy) is 3. The molecular weight excluding hydrogens is 196 g/mol. The van der Waals surface area contributed by atoms with Crippen molar-refractivity contribution in [2.24, 2.45) is 0 Å². The van der Waals surface area contributed by atoms with E-state index in [2.05, 4.69) is 5.92 Å². The highest BCUT2D eigenvalue weighted by molar-refractivity contribution is 4.93. The molecule has 1 rings (SSSR count). The van der Waals surface area contributed by atoms with E-state index in [0.717, 1.165) is 0 Å². The average Bonchev–Trinajstić information content (AvgIpc) is 2.21. The third-order valence-electron chi connectivity index (χ3n) is 2.66. The zero-order chi connectivity index (χ0) is 11.4. The maximum Gasteiger partial charge on any atom is 0.116 e. The molecule has 1 saturated heterocycles. The van der Waals surface area contributed by atoms with E-state index in [4.69, 9.17) is 20.6 Å². The molecule has 0 aromatic heterocycles. The molecule has 1 aliphatic heterocycles. The monoisotopic (exact) mass is 214 g/mol. The van der Waals surface area contributed by atoms with Crippen molar-refractivity contribution in [1.29, 1.82) is 0 Å². The second kappa shape index (κ2) is 5.47. The molecule has 0 amide bonds. The van der Waals surface area contributed by atoms with E-state index in [1.54, 1.807) is 14.0 Å². The Morgan fingerprint density at radius 3 is 2.53 bits per heavy atom. The van der Waals surface area contributed by atoms with Crippen molar-refractivity contribution < 1.29 is 19.3 Å². The summed E-state index contributed by atoms with van der Waals surface area (Å²) in [6.45, 7) is 3.86. The first kappa shape index (κ1) is 12.5. The van der Waals surface area contributed by atoms with Crippen LogP contribution in [0.5, 0.6) is 0 Å². The summed E-state index contributed by atoms with van der Waals surface area (Å²) in [5.41, 5.74) is 0. The predicted octanol–water partition coefficient (Wildman–Crippen LogP) is 0.188. The zero-order valence-corrected chi connectivity index (χ0v) is 9.34. The molecule has 0 spiro atoms. The Balaban J connectivity index is 2.70. The minimum absolute atomic E-state index is 0.115. The van der Waals surface area contributed by atoms with Crippen LogP contribution in [-0.4, -0.2) is 49.3 Å². The van der Waals surface area contributed by atoms with E-state index in [1.807, 2.05) is 6.92 Å². The Morgan fingerprint density at radius 2 is 2.00 bits per heavy atom. The highest BCUT2D eigenvalue weighted by Crippen LogP contribution is 2.24. The first-order chi connectivity index (χ1) is 7.11. The van der Waals surface area contributed by atoms with Gasteiger partial charge in [-0.25, -0.2) is 0 Å². The van der Waals surface area contributed by atoms with Crippen LogP contribution in [0.15, 0.2) is 0 Å². The van der Waals surface area contributed by atoms with Gasteiger partial charge in [-0.2, -0.15) is 0 Å². The molecule has 4 heteroatoms. The van der Waals surface area contributed by atoms with Crippen LogP contribution in [0.3, 0.4) is 0 Å². The molecule has 0 aromatic carbocycles. The molecule has 86 valence electrons. The Morgan fingerprint density at radius 1 is 1.33 bits per heavy atom. The van der Waals surface area contributed by atoms with Crippen molar-refractivity contribution in [3.63, 3.8) is 0 Å². The third kappa shape index (κ3) is 2.70. The van der Waals surface area contributed by atoms with Gasteiger partial charge in [0.25, 0.3) is 0 Å². The summed E-state index contributed by atoms with van der Waals surface area (Å²) in [4.78, 5) is 0. The van der Waals surface area contributed by atoms with Gasteiger partial charge in [0, 0.05) is 7.11 Å². The predicted molar refractivity (Wildman–Crippen MR) is 55.4 cm³/mol. The molecule has 1 N–H and O–H groups in total. The summed E-state index contributed by atoms with van der Waals surface area (Å²) in [6, 6.07) is 0. The standard InChI is InChI=1S/C11H18O4/c1-5-6-14-11-9(12)7(2)15-8(3)10(11)13-4/h1,7-12H,6H2,2-4H3/t7-,8-,9-,10-,11+/m0/s1. The summed E-state index contributed by atoms with van der Waals surface area (Å²) >= 11 is 0. The number of terminal acetylenes is 1. The fourth-order valence-electron chi connectivity index (χ4n) is 1.89. The van der Waals surface area contributed by atoms with Gasteiger partial charge in [-0.1, -0.05) is 5.92 Å². The molecule has 0 aromatic rings. The zero-order valence-electron chi connectivity index (χ0n) is 9.34. The molecule has 1 aliphatic rings. The van der Waals surface area contributed by atoms with Crippen LogP contribution < -0.4 is 0 Å². The summed E-state index contributed by atoms with van der Waals surface area (Å²) in [7, 11) is 1.57. The van der Waals surface area contributed by atoms with Crippen LogP contribution in [0, 0.1) is 12.3 Å². The topological polar surface area (TPSA) is 47.9 Å². The van der Waals surface area contributed by atoms with Gasteiger partial charge in [0.05, 0.1) is 12.2 Å². The van der Waals surface area contributed by atoms with Crippen molar-refractivity contribution in [2.45, 2.75) is 44.4 Å². The largest absolute Gasteiger partial charge is 0.388 e. The summed E-state index contributed by atoms with van der Waals surface area (Å²) < 4.78 is 16.2. The fraction of sp³-hybridized carbons (Fsp3) is 0.818. The molecule has 1 fully saturated rings. The van der Waals surface area contributed by atoms with Gasteiger partial charge >= 0.3 is 0 Å². The quantitative estimate of drug-likeness (QED) is 0.681. The van der Waals surface area contributed by atoms with E-state index >= 15 is 0 Å². The van der Waals surface area contributed by atoms with Crippen molar-refractivity contribution in [2.75, 3.05) is 13.7 Å². The Kier molecular flexibility index (Phi) is 4.55. The van der Waals surface area contributed by atoms with E-state index in [-0.39, 0.29) is 24.9 Å². The maximum absolute atomic E-state index is 9.88. The van der Waals surface area contributed by atoms with E-state index in [0.29, 0.717) is 0 Å². The van der Waals surface area contributed by atoms with Gasteiger partial charge in [-0.05, 0) is 13.8 Å². The maximum atomic E-state index is 9.88. The number of rotatable bonds is 3. The Hall–Kier alpha value is -0.600. The summed E-state index contributed by atoms with van der Waals surface area (Å²) in [6.07, 6.45) is 3.31. The lowest BCUT2D eigenvalue weighted by Gasteiger charge is -2.41. The minimum Gasteiger partial charge on any atom is -0.388 e. The molecule has 15 heavy (non-hydrogen) atoms. The molecule has 0 unspecified atom stereocenters. The number of aliphatic hydroxyl groups excluding tert-OH is 1. The molecule has 5 atom stereocenters. The number of aliphatic hydroxyl groups is 1. The molecule has 0 bridgehead atoms. The molecule has 4 nitrogen and oxygen atoms in total. The lowest BCUT2D eigenvalue weighted by Crippen LogP contribution is -2.57. The van der Waals surface area contributed by atoms with Crippen molar-refractivity contribution in [3.05, 3.63) is 0 Å². The van der Waals surface area contributed by atoms with E-state index in [1.165, 1.54) is 0 Å². The minimum atomic E-state index is -0.709. The number of methoxy groups -OCH3 is 1. The van der Waals surface area contributed by atoms with Gasteiger partial charge in [0.1, 0.15) is 24.9 Å². The summed E-state index contributed by atoms with van der Waals surface area (Å²) in [5, 5.41) is 9.88. The van der Waals surface area contributed by atoms with Crippen LogP contribution in [0.1, 0.15) is 13.8 Å². The lowest BCUT2D eigenvalue weighted by atomic mass is 9.96. The highest BCUT2D eigenvalue weighted by Gasteiger charge is 2.42. The third-order valence-corrected chi connectivity index (χ3v) is 2.66. The van der Waals surface area contributed by atoms with E-state index in [9.17, 15) is 5.11 Å². The molecule has 0 radical (unpaired) electrons. The summed E-state index contributed by atoms with van der Waals surface area (Å²) in [5.74, 6) is 2.38. The molecule has 0 aliphatic carbocycles. The van der Waals surface area contributed by atoms with Crippen LogP contribution in [-0.2, 0) is 14.2 Å². The average molecular weight is 214 g/mol. The van der Waals surface area contributed by atoms with Crippen molar-refractivity contribution in [1.82, 2.24) is 0 Å². The van der Waals surface area contributed by atoms with Gasteiger partial charge in [0.2, 0.25) is 0 Å². The number of hydrogen-bond donors (Lipinski definition) is 1. The van der Waals surface area contributed by atoms with Gasteiger partial charge < -0.3 is 19.3 Å². The Bertz CT molecular complexity index is 235. The second-order valence-corrected chi connectivity index (χ2v) is 3.72. The van der Waals surface area contributed by atoms with Gasteiger partial charge in [-0.3, -0.25) is 0 Å². The van der Waals surface area contributed by atoms with Gasteiger partial charge in [-0.15, -0.1) is 6.42 Å². The lowest BCUT2D eigenvalue weighted by molar-refractivity contribution is -0.230. The number of hydrogen-bond acceptors (Lipinski definition) is 4. The molecule has 1 heterocycles. The van der Waals surface area contributed by atoms with Crippen molar-refractivity contribution in [3.8, 4) is 12.3 Å². The van der Waals surface area contributed by atoms with E-state index < -0.39 is 12.2 Å². The van der Waals surface area contributed by atoms with Crippen LogP contribution in [0.25, 0.3) is 0 Å². The van der Waals surface area contributed by atoms with Crippen LogP contribution in [0.2, 0.25) is 0 Å². The molecular formula is C11H18O4. The first-order valence-corrected chi connectivity index (χ1v) is 5.03.